The highest BCUT2D eigenvalue weighted by Crippen LogP contribution is 2.20. The Balaban J connectivity index is 0.00000385. The quantitative estimate of drug-likeness (QED) is 0.147. The second kappa shape index (κ2) is 14.4. The first-order chi connectivity index (χ1) is 15.7. The van der Waals surface area contributed by atoms with E-state index in [9.17, 15) is 0 Å². The Morgan fingerprint density at radius 3 is 2.27 bits per heavy atom. The molecule has 0 amide bonds. The third-order valence-electron chi connectivity index (χ3n) is 5.03. The fraction of sp³-hybridized carbons (Fsp3) is 0.375. The van der Waals surface area contributed by atoms with Crippen LogP contribution < -0.4 is 20.5 Å². The first-order valence-corrected chi connectivity index (χ1v) is 10.8. The molecule has 9 heteroatoms. The maximum Gasteiger partial charge on any atom is 0.226 e. The van der Waals surface area contributed by atoms with Crippen LogP contribution >= 0.6 is 24.0 Å². The summed E-state index contributed by atoms with van der Waals surface area (Å²) < 4.78 is 15.7. The zero-order valence-corrected chi connectivity index (χ0v) is 21.5. The molecule has 0 aliphatic heterocycles. The smallest absolute Gasteiger partial charge is 0.226 e. The van der Waals surface area contributed by atoms with Crippen molar-refractivity contribution in [2.75, 3.05) is 27.3 Å². The second-order valence-corrected chi connectivity index (χ2v) is 7.34. The molecule has 1 heterocycles. The predicted molar refractivity (Wildman–Crippen MR) is 140 cm³/mol. The highest BCUT2D eigenvalue weighted by Gasteiger charge is 2.08. The van der Waals surface area contributed by atoms with Crippen LogP contribution in [0.1, 0.15) is 30.7 Å². The first-order valence-electron chi connectivity index (χ1n) is 10.8. The van der Waals surface area contributed by atoms with E-state index in [2.05, 4.69) is 32.6 Å². The minimum absolute atomic E-state index is 0. The maximum absolute atomic E-state index is 5.94. The zero-order chi connectivity index (χ0) is 22.6. The van der Waals surface area contributed by atoms with Crippen molar-refractivity contribution in [3.63, 3.8) is 0 Å². The summed E-state index contributed by atoms with van der Waals surface area (Å²) >= 11 is 0. The van der Waals surface area contributed by atoms with E-state index in [0.29, 0.717) is 24.2 Å². The monoisotopic (exact) mass is 565 g/mol. The maximum atomic E-state index is 5.94. The van der Waals surface area contributed by atoms with E-state index in [-0.39, 0.29) is 24.0 Å². The summed E-state index contributed by atoms with van der Waals surface area (Å²) in [6, 6.07) is 15.6. The summed E-state index contributed by atoms with van der Waals surface area (Å²) in [5.74, 6) is 3.40. The number of hydrogen-bond acceptors (Lipinski definition) is 6. The SMILES string of the molecule is COc1ccc(CCNC(N)=NCCCCCc2nc(-c3ccc(OC)cc3)no2)cc1.I. The molecular formula is C24H32IN5O3. The number of guanidine groups is 1. The Morgan fingerprint density at radius 1 is 0.939 bits per heavy atom. The van der Waals surface area contributed by atoms with Gasteiger partial charge < -0.3 is 25.0 Å². The third kappa shape index (κ3) is 8.91. The topological polar surface area (TPSA) is 108 Å². The van der Waals surface area contributed by atoms with Crippen LogP contribution in [0, 0.1) is 0 Å². The number of hydrogen-bond donors (Lipinski definition) is 2. The van der Waals surface area contributed by atoms with Gasteiger partial charge in [0.15, 0.2) is 5.96 Å². The number of nitrogens with two attached hydrogens (primary N) is 1. The average molecular weight is 565 g/mol. The van der Waals surface area contributed by atoms with Crippen LogP contribution in [-0.2, 0) is 12.8 Å². The van der Waals surface area contributed by atoms with Crippen molar-refractivity contribution in [2.24, 2.45) is 10.7 Å². The lowest BCUT2D eigenvalue weighted by atomic mass is 10.1. The van der Waals surface area contributed by atoms with Crippen molar-refractivity contribution in [3.8, 4) is 22.9 Å². The van der Waals surface area contributed by atoms with E-state index in [0.717, 1.165) is 55.7 Å². The van der Waals surface area contributed by atoms with E-state index >= 15 is 0 Å². The molecule has 0 radical (unpaired) electrons. The molecule has 8 nitrogen and oxygen atoms in total. The normalized spacial score (nSPS) is 11.0. The lowest BCUT2D eigenvalue weighted by Gasteiger charge is -2.06. The molecule has 0 bridgehead atoms. The number of methoxy groups -OCH3 is 2. The number of nitrogens with zero attached hydrogens (tertiary/aromatic N) is 3. The second-order valence-electron chi connectivity index (χ2n) is 7.34. The molecule has 3 aromatic rings. The van der Waals surface area contributed by atoms with Crippen LogP contribution in [0.4, 0.5) is 0 Å². The average Bonchev–Trinajstić information content (AvgIpc) is 3.31. The van der Waals surface area contributed by atoms with E-state index in [1.807, 2.05) is 36.4 Å². The molecule has 0 aliphatic rings. The lowest BCUT2D eigenvalue weighted by molar-refractivity contribution is 0.374. The summed E-state index contributed by atoms with van der Waals surface area (Å²) in [6.07, 6.45) is 4.57. The van der Waals surface area contributed by atoms with Gasteiger partial charge in [-0.25, -0.2) is 0 Å². The van der Waals surface area contributed by atoms with Crippen LogP contribution in [-0.4, -0.2) is 43.4 Å². The van der Waals surface area contributed by atoms with E-state index < -0.39 is 0 Å². The predicted octanol–water partition coefficient (Wildman–Crippen LogP) is 4.23. The highest BCUT2D eigenvalue weighted by atomic mass is 127. The standard InChI is InChI=1S/C24H31N5O3.HI/c1-30-20-11-7-18(8-12-20)15-17-27-24(25)26-16-5-3-4-6-22-28-23(29-32-22)19-9-13-21(31-2)14-10-19;/h7-14H,3-6,15-17H2,1-2H3,(H3,25,26,27);1H. The summed E-state index contributed by atoms with van der Waals surface area (Å²) in [6.45, 7) is 1.44. The summed E-state index contributed by atoms with van der Waals surface area (Å²) in [5.41, 5.74) is 8.08. The molecule has 0 fully saturated rings. The Bertz CT molecular complexity index is 975. The molecule has 3 rings (SSSR count). The van der Waals surface area contributed by atoms with Gasteiger partial charge in [0.05, 0.1) is 14.2 Å². The fourth-order valence-corrected chi connectivity index (χ4v) is 3.16. The van der Waals surface area contributed by atoms with Gasteiger partial charge in [0.2, 0.25) is 11.7 Å². The first kappa shape index (κ1) is 26.4. The highest BCUT2D eigenvalue weighted by molar-refractivity contribution is 14.0. The Labute approximate surface area is 212 Å². The number of aromatic nitrogens is 2. The summed E-state index contributed by atoms with van der Waals surface area (Å²) in [7, 11) is 3.31. The van der Waals surface area contributed by atoms with Gasteiger partial charge in [0.25, 0.3) is 0 Å². The molecule has 0 saturated heterocycles. The van der Waals surface area contributed by atoms with Crippen LogP contribution in [0.5, 0.6) is 11.5 Å². The molecule has 0 unspecified atom stereocenters. The van der Waals surface area contributed by atoms with Crippen molar-refractivity contribution in [3.05, 3.63) is 60.0 Å². The number of unbranched alkanes of at least 4 members (excludes halogenated alkanes) is 2. The molecule has 2 aromatic carbocycles. The van der Waals surface area contributed by atoms with E-state index in [1.54, 1.807) is 14.2 Å². The van der Waals surface area contributed by atoms with Crippen molar-refractivity contribution in [1.29, 1.82) is 0 Å². The van der Waals surface area contributed by atoms with Crippen molar-refractivity contribution in [2.45, 2.75) is 32.1 Å². The van der Waals surface area contributed by atoms with E-state index in [4.69, 9.17) is 19.7 Å². The summed E-state index contributed by atoms with van der Waals surface area (Å²) in [4.78, 5) is 8.85. The third-order valence-corrected chi connectivity index (χ3v) is 5.03. The lowest BCUT2D eigenvalue weighted by Crippen LogP contribution is -2.33. The zero-order valence-electron chi connectivity index (χ0n) is 19.1. The molecule has 178 valence electrons. The van der Waals surface area contributed by atoms with Crippen LogP contribution in [0.15, 0.2) is 58.0 Å². The fourth-order valence-electron chi connectivity index (χ4n) is 3.16. The Hall–Kier alpha value is -2.82. The molecule has 1 aromatic heterocycles. The number of nitrogens with one attached hydrogen (secondary N) is 1. The number of benzene rings is 2. The van der Waals surface area contributed by atoms with Crippen molar-refractivity contribution < 1.29 is 14.0 Å². The Kier molecular flexibility index (Phi) is 11.5. The molecule has 0 aliphatic carbocycles. The molecule has 3 N–H and O–H groups in total. The largest absolute Gasteiger partial charge is 0.497 e. The van der Waals surface area contributed by atoms with Gasteiger partial charge >= 0.3 is 0 Å². The molecule has 33 heavy (non-hydrogen) atoms. The number of ether oxygens (including phenoxy) is 2. The van der Waals surface area contributed by atoms with Gasteiger partial charge in [-0.15, -0.1) is 24.0 Å². The number of aliphatic imine (C=N–C) groups is 1. The van der Waals surface area contributed by atoms with E-state index in [1.165, 1.54) is 5.56 Å². The van der Waals surface area contributed by atoms with Gasteiger partial charge in [-0.05, 0) is 61.2 Å². The van der Waals surface area contributed by atoms with Gasteiger partial charge in [-0.3, -0.25) is 4.99 Å². The number of aryl methyl sites for hydroxylation is 1. The van der Waals surface area contributed by atoms with Crippen LogP contribution in [0.25, 0.3) is 11.4 Å². The van der Waals surface area contributed by atoms with Gasteiger partial charge in [0, 0.05) is 25.1 Å². The van der Waals surface area contributed by atoms with Gasteiger partial charge in [-0.2, -0.15) is 4.98 Å². The number of halogens is 1. The molecule has 0 saturated carbocycles. The molecular weight excluding hydrogens is 533 g/mol. The number of rotatable bonds is 12. The summed E-state index contributed by atoms with van der Waals surface area (Å²) in [5, 5.41) is 7.22. The van der Waals surface area contributed by atoms with Crippen LogP contribution in [0.3, 0.4) is 0 Å². The molecule has 0 atom stereocenters. The Morgan fingerprint density at radius 2 is 1.61 bits per heavy atom. The minimum atomic E-state index is 0. The van der Waals surface area contributed by atoms with Crippen LogP contribution in [0.2, 0.25) is 0 Å². The van der Waals surface area contributed by atoms with Gasteiger partial charge in [-0.1, -0.05) is 23.7 Å². The van der Waals surface area contributed by atoms with Crippen molar-refractivity contribution in [1.82, 2.24) is 15.5 Å². The molecule has 0 spiro atoms. The van der Waals surface area contributed by atoms with Crippen molar-refractivity contribution >= 4 is 29.9 Å². The minimum Gasteiger partial charge on any atom is -0.497 e. The van der Waals surface area contributed by atoms with Gasteiger partial charge in [0.1, 0.15) is 11.5 Å².